The molecular weight excluding hydrogens is 462 g/mol. The van der Waals surface area contributed by atoms with Crippen LogP contribution < -0.4 is 5.32 Å². The molecule has 15 heteroatoms. The molecule has 1 aromatic carbocycles. The lowest BCUT2D eigenvalue weighted by molar-refractivity contribution is -0.388. The lowest BCUT2D eigenvalue weighted by Gasteiger charge is -2.08. The number of carbonyl (C=O) groups is 1. The Morgan fingerprint density at radius 1 is 1.18 bits per heavy atom. The van der Waals surface area contributed by atoms with Crippen molar-refractivity contribution in [3.63, 3.8) is 0 Å². The summed E-state index contributed by atoms with van der Waals surface area (Å²) < 4.78 is 79.3. The molecule has 0 atom stereocenters. The van der Waals surface area contributed by atoms with Crippen LogP contribution in [0.5, 0.6) is 0 Å². The van der Waals surface area contributed by atoms with Gasteiger partial charge in [0.05, 0.1) is 28.9 Å². The Labute approximate surface area is 180 Å². The van der Waals surface area contributed by atoms with Crippen molar-refractivity contribution in [2.24, 2.45) is 0 Å². The van der Waals surface area contributed by atoms with Gasteiger partial charge in [-0.1, -0.05) is 12.1 Å². The van der Waals surface area contributed by atoms with Crippen molar-refractivity contribution >= 4 is 17.3 Å². The van der Waals surface area contributed by atoms with Crippen molar-refractivity contribution in [2.75, 3.05) is 5.32 Å². The number of nitro groups is 1. The van der Waals surface area contributed by atoms with Crippen molar-refractivity contribution in [1.29, 1.82) is 0 Å². The molecule has 0 aliphatic heterocycles. The van der Waals surface area contributed by atoms with Gasteiger partial charge in [-0.25, -0.2) is 0 Å². The normalized spacial score (nSPS) is 12.1. The van der Waals surface area contributed by atoms with Gasteiger partial charge in [-0.2, -0.15) is 36.5 Å². The Bertz CT molecular complexity index is 1200. The fourth-order valence-electron chi connectivity index (χ4n) is 2.98. The van der Waals surface area contributed by atoms with Gasteiger partial charge in [0.15, 0.2) is 0 Å². The number of anilines is 1. The van der Waals surface area contributed by atoms with Gasteiger partial charge in [0.25, 0.3) is 0 Å². The second-order valence-electron chi connectivity index (χ2n) is 6.87. The van der Waals surface area contributed by atoms with Gasteiger partial charge in [0, 0.05) is 6.20 Å². The summed E-state index contributed by atoms with van der Waals surface area (Å²) in [5.41, 5.74) is -3.84. The van der Waals surface area contributed by atoms with E-state index in [2.05, 4.69) is 15.5 Å². The van der Waals surface area contributed by atoms with E-state index in [0.29, 0.717) is 10.2 Å². The first kappa shape index (κ1) is 23.7. The molecule has 9 nitrogen and oxygen atoms in total. The number of benzene rings is 1. The summed E-state index contributed by atoms with van der Waals surface area (Å²) in [5.74, 6) is -0.845. The summed E-state index contributed by atoms with van der Waals surface area (Å²) in [5, 5.41) is 20.4. The van der Waals surface area contributed by atoms with E-state index in [4.69, 9.17) is 0 Å². The second kappa shape index (κ2) is 8.55. The van der Waals surface area contributed by atoms with Crippen LogP contribution in [0.3, 0.4) is 0 Å². The first-order chi connectivity index (χ1) is 15.3. The molecule has 0 spiro atoms. The predicted octanol–water partition coefficient (Wildman–Crippen LogP) is 4.02. The summed E-state index contributed by atoms with van der Waals surface area (Å²) in [6.45, 7) is 0.238. The molecule has 0 bridgehead atoms. The molecule has 2 heterocycles. The SMILES string of the molecule is Cc1c([N+](=O)[O-])c(C(F)(F)F)nn1CC(=O)Nc1cnn(Cc2cccc(C(F)(F)F)c2)c1. The highest BCUT2D eigenvalue weighted by Gasteiger charge is 2.44. The summed E-state index contributed by atoms with van der Waals surface area (Å²) in [4.78, 5) is 22.0. The van der Waals surface area contributed by atoms with Crippen LogP contribution >= 0.6 is 0 Å². The van der Waals surface area contributed by atoms with Gasteiger partial charge < -0.3 is 5.32 Å². The van der Waals surface area contributed by atoms with Gasteiger partial charge >= 0.3 is 18.0 Å². The number of aromatic nitrogens is 4. The molecule has 0 saturated heterocycles. The maximum Gasteiger partial charge on any atom is 0.442 e. The van der Waals surface area contributed by atoms with Crippen LogP contribution in [0.1, 0.15) is 22.5 Å². The molecule has 0 unspecified atom stereocenters. The third-order valence-electron chi connectivity index (χ3n) is 4.44. The van der Waals surface area contributed by atoms with Crippen LogP contribution in [0.15, 0.2) is 36.7 Å². The molecule has 1 amide bonds. The van der Waals surface area contributed by atoms with Crippen LogP contribution in [0.25, 0.3) is 0 Å². The minimum Gasteiger partial charge on any atom is -0.322 e. The molecule has 3 rings (SSSR count). The van der Waals surface area contributed by atoms with Gasteiger partial charge in [-0.3, -0.25) is 24.3 Å². The molecule has 0 saturated carbocycles. The average molecular weight is 476 g/mol. The largest absolute Gasteiger partial charge is 0.442 e. The van der Waals surface area contributed by atoms with E-state index < -0.39 is 52.4 Å². The summed E-state index contributed by atoms with van der Waals surface area (Å²) in [6.07, 6.45) is -7.10. The highest BCUT2D eigenvalue weighted by Crippen LogP contribution is 2.37. The van der Waals surface area contributed by atoms with Gasteiger partial charge in [0.2, 0.25) is 11.6 Å². The third kappa shape index (κ3) is 5.48. The molecule has 1 N–H and O–H groups in total. The van der Waals surface area contributed by atoms with Gasteiger partial charge in [0.1, 0.15) is 12.2 Å². The first-order valence-corrected chi connectivity index (χ1v) is 9.03. The Kier molecular flexibility index (Phi) is 6.16. The highest BCUT2D eigenvalue weighted by molar-refractivity contribution is 5.90. The minimum absolute atomic E-state index is 0.0425. The highest BCUT2D eigenvalue weighted by atomic mass is 19.4. The topological polar surface area (TPSA) is 108 Å². The maximum absolute atomic E-state index is 13.0. The molecule has 3 aromatic rings. The molecule has 33 heavy (non-hydrogen) atoms. The zero-order valence-corrected chi connectivity index (χ0v) is 16.6. The van der Waals surface area contributed by atoms with E-state index in [1.165, 1.54) is 29.2 Å². The molecule has 2 aromatic heterocycles. The fourth-order valence-corrected chi connectivity index (χ4v) is 2.98. The number of nitrogens with one attached hydrogen (secondary N) is 1. The summed E-state index contributed by atoms with van der Waals surface area (Å²) in [6, 6.07) is 4.57. The van der Waals surface area contributed by atoms with Gasteiger partial charge in [-0.05, 0) is 24.6 Å². The lowest BCUT2D eigenvalue weighted by Crippen LogP contribution is -2.20. The summed E-state index contributed by atoms with van der Waals surface area (Å²) in [7, 11) is 0. The van der Waals surface area contributed by atoms with E-state index in [0.717, 1.165) is 19.1 Å². The maximum atomic E-state index is 13.0. The van der Waals surface area contributed by atoms with Crippen molar-refractivity contribution in [3.05, 3.63) is 69.3 Å². The second-order valence-corrected chi connectivity index (χ2v) is 6.87. The fraction of sp³-hybridized carbons (Fsp3) is 0.278. The number of hydrogen-bond donors (Lipinski definition) is 1. The van der Waals surface area contributed by atoms with Crippen molar-refractivity contribution in [3.8, 4) is 0 Å². The smallest absolute Gasteiger partial charge is 0.322 e. The number of carbonyl (C=O) groups excluding carboxylic acids is 1. The Balaban J connectivity index is 1.70. The molecule has 0 aliphatic carbocycles. The summed E-state index contributed by atoms with van der Waals surface area (Å²) >= 11 is 0. The van der Waals surface area contributed by atoms with Gasteiger partial charge in [-0.15, -0.1) is 0 Å². The Morgan fingerprint density at radius 3 is 2.45 bits per heavy atom. The van der Waals surface area contributed by atoms with E-state index in [-0.39, 0.29) is 12.2 Å². The molecular formula is C18H14F6N6O3. The van der Waals surface area contributed by atoms with Crippen molar-refractivity contribution in [2.45, 2.75) is 32.4 Å². The number of halogens is 6. The number of amides is 1. The van der Waals surface area contributed by atoms with Crippen molar-refractivity contribution in [1.82, 2.24) is 19.6 Å². The Morgan fingerprint density at radius 2 is 1.88 bits per heavy atom. The third-order valence-corrected chi connectivity index (χ3v) is 4.44. The molecule has 0 fully saturated rings. The van der Waals surface area contributed by atoms with Crippen LogP contribution in [-0.4, -0.2) is 30.4 Å². The van der Waals surface area contributed by atoms with E-state index in [9.17, 15) is 41.3 Å². The number of nitrogens with zero attached hydrogens (tertiary/aromatic N) is 5. The van der Waals surface area contributed by atoms with E-state index in [1.807, 2.05) is 0 Å². The average Bonchev–Trinajstić information content (AvgIpc) is 3.25. The monoisotopic (exact) mass is 476 g/mol. The number of alkyl halides is 6. The van der Waals surface area contributed by atoms with Crippen LogP contribution in [0.2, 0.25) is 0 Å². The molecule has 0 radical (unpaired) electrons. The number of rotatable bonds is 6. The van der Waals surface area contributed by atoms with Crippen molar-refractivity contribution < 1.29 is 36.1 Å². The predicted molar refractivity (Wildman–Crippen MR) is 100 cm³/mol. The minimum atomic E-state index is -5.08. The Hall–Kier alpha value is -3.91. The zero-order chi connectivity index (χ0) is 24.6. The first-order valence-electron chi connectivity index (χ1n) is 9.03. The standard InChI is InChI=1S/C18H14F6N6O3/c1-10-15(30(32)33)16(18(22,23)24)27-29(10)9-14(31)26-13-6-25-28(8-13)7-11-3-2-4-12(5-11)17(19,20)21/h2-6,8H,7,9H2,1H3,(H,26,31). The van der Waals surface area contributed by atoms with Crippen LogP contribution in [0, 0.1) is 17.0 Å². The van der Waals surface area contributed by atoms with E-state index >= 15 is 0 Å². The van der Waals surface area contributed by atoms with Crippen LogP contribution in [-0.2, 0) is 30.2 Å². The van der Waals surface area contributed by atoms with E-state index in [1.54, 1.807) is 0 Å². The lowest BCUT2D eigenvalue weighted by atomic mass is 10.1. The molecule has 0 aliphatic rings. The quantitative estimate of drug-likeness (QED) is 0.329. The van der Waals surface area contributed by atoms with Crippen LogP contribution in [0.4, 0.5) is 37.7 Å². The molecule has 176 valence electrons. The zero-order valence-electron chi connectivity index (χ0n) is 16.6. The number of hydrogen-bond acceptors (Lipinski definition) is 5.